The lowest BCUT2D eigenvalue weighted by Gasteiger charge is -2.31. The quantitative estimate of drug-likeness (QED) is 0.682. The molecular weight excluding hydrogens is 242 g/mol. The second-order valence-corrected chi connectivity index (χ2v) is 6.23. The number of para-hydroxylation sites is 2. The molecule has 0 N–H and O–H groups in total. The molecule has 0 saturated heterocycles. The molecule has 0 aromatic heterocycles. The number of allylic oxidation sites excluding steroid dienone is 1. The highest BCUT2D eigenvalue weighted by Crippen LogP contribution is 2.59. The minimum absolute atomic E-state index is 0.629. The van der Waals surface area contributed by atoms with Crippen molar-refractivity contribution in [3.05, 3.63) is 72.3 Å². The fourth-order valence-electron chi connectivity index (χ4n) is 4.61. The van der Waals surface area contributed by atoms with Crippen LogP contribution in [-0.2, 0) is 0 Å². The molecule has 1 aliphatic heterocycles. The minimum atomic E-state index is 0.629. The maximum atomic E-state index is 2.59. The van der Waals surface area contributed by atoms with Gasteiger partial charge < -0.3 is 4.90 Å². The highest BCUT2D eigenvalue weighted by Gasteiger charge is 2.53. The van der Waals surface area contributed by atoms with Crippen molar-refractivity contribution in [2.24, 2.45) is 11.8 Å². The number of hydrogen-bond donors (Lipinski definition) is 0. The Morgan fingerprint density at radius 3 is 2.45 bits per heavy atom. The maximum Gasteiger partial charge on any atom is 0.0480 e. The Bertz CT molecular complexity index is 688. The van der Waals surface area contributed by atoms with Crippen LogP contribution in [0.3, 0.4) is 0 Å². The van der Waals surface area contributed by atoms with E-state index in [0.717, 1.165) is 11.8 Å². The van der Waals surface area contributed by atoms with E-state index < -0.39 is 0 Å². The third-order valence-electron chi connectivity index (χ3n) is 5.31. The standard InChI is InChI=1S/C19H17N/c1-2-6-15(7-3-1)20-17-9-5-4-8-16(17)18-13-10-11-14(12-13)19(18)20/h1-11,13-14,18-19H,12H2. The van der Waals surface area contributed by atoms with Gasteiger partial charge in [-0.3, -0.25) is 0 Å². The van der Waals surface area contributed by atoms with Crippen molar-refractivity contribution < 1.29 is 0 Å². The number of benzene rings is 2. The fourth-order valence-corrected chi connectivity index (χ4v) is 4.61. The van der Waals surface area contributed by atoms with Crippen molar-refractivity contribution in [3.8, 4) is 0 Å². The summed E-state index contributed by atoms with van der Waals surface area (Å²) in [5.41, 5.74) is 4.32. The smallest absolute Gasteiger partial charge is 0.0480 e. The number of anilines is 2. The van der Waals surface area contributed by atoms with E-state index in [0.29, 0.717) is 12.0 Å². The zero-order valence-corrected chi connectivity index (χ0v) is 11.3. The summed E-state index contributed by atoms with van der Waals surface area (Å²) in [5, 5.41) is 0. The van der Waals surface area contributed by atoms with Crippen molar-refractivity contribution in [3.63, 3.8) is 0 Å². The molecule has 5 rings (SSSR count). The van der Waals surface area contributed by atoms with Crippen LogP contribution < -0.4 is 4.90 Å². The van der Waals surface area contributed by atoms with Gasteiger partial charge in [-0.1, -0.05) is 48.6 Å². The van der Waals surface area contributed by atoms with Crippen LogP contribution in [0.2, 0.25) is 0 Å². The van der Waals surface area contributed by atoms with Crippen LogP contribution in [0.15, 0.2) is 66.7 Å². The number of nitrogens with zero attached hydrogens (tertiary/aromatic N) is 1. The maximum absolute atomic E-state index is 2.59. The lowest BCUT2D eigenvalue weighted by Crippen LogP contribution is -2.33. The molecule has 0 radical (unpaired) electrons. The second-order valence-electron chi connectivity index (χ2n) is 6.23. The number of fused-ring (bicyclic) bond motifs is 7. The molecule has 98 valence electrons. The first-order chi connectivity index (χ1) is 9.93. The van der Waals surface area contributed by atoms with Gasteiger partial charge in [-0.05, 0) is 42.0 Å². The zero-order valence-electron chi connectivity index (χ0n) is 11.3. The Morgan fingerprint density at radius 1 is 0.800 bits per heavy atom. The van der Waals surface area contributed by atoms with Gasteiger partial charge in [0.15, 0.2) is 0 Å². The Kier molecular flexibility index (Phi) is 2.01. The first-order valence-corrected chi connectivity index (χ1v) is 7.55. The highest BCUT2D eigenvalue weighted by molar-refractivity contribution is 5.74. The van der Waals surface area contributed by atoms with Gasteiger partial charge in [0, 0.05) is 23.3 Å². The van der Waals surface area contributed by atoms with Crippen LogP contribution in [0.4, 0.5) is 11.4 Å². The molecule has 1 fully saturated rings. The molecule has 20 heavy (non-hydrogen) atoms. The highest BCUT2D eigenvalue weighted by atomic mass is 15.2. The van der Waals surface area contributed by atoms with Crippen LogP contribution in [0.5, 0.6) is 0 Å². The molecule has 2 aromatic rings. The number of rotatable bonds is 1. The largest absolute Gasteiger partial charge is 0.337 e. The zero-order chi connectivity index (χ0) is 13.1. The normalized spacial score (nSPS) is 32.5. The molecule has 0 spiro atoms. The van der Waals surface area contributed by atoms with Crippen molar-refractivity contribution >= 4 is 11.4 Å². The van der Waals surface area contributed by atoms with Gasteiger partial charge >= 0.3 is 0 Å². The van der Waals surface area contributed by atoms with E-state index in [1.54, 1.807) is 5.56 Å². The Morgan fingerprint density at radius 2 is 1.55 bits per heavy atom. The van der Waals surface area contributed by atoms with Crippen molar-refractivity contribution in [1.29, 1.82) is 0 Å². The Labute approximate surface area is 119 Å². The lowest BCUT2D eigenvalue weighted by atomic mass is 9.86. The van der Waals surface area contributed by atoms with E-state index in [2.05, 4.69) is 71.6 Å². The summed E-state index contributed by atoms with van der Waals surface area (Å²) in [5.74, 6) is 2.17. The predicted octanol–water partition coefficient (Wildman–Crippen LogP) is 4.50. The molecule has 1 nitrogen and oxygen atoms in total. The molecule has 2 aliphatic carbocycles. The monoisotopic (exact) mass is 259 g/mol. The molecule has 4 unspecified atom stereocenters. The van der Waals surface area contributed by atoms with Crippen LogP contribution in [-0.4, -0.2) is 6.04 Å². The number of hydrogen-bond acceptors (Lipinski definition) is 1. The van der Waals surface area contributed by atoms with E-state index in [4.69, 9.17) is 0 Å². The third-order valence-corrected chi connectivity index (χ3v) is 5.31. The van der Waals surface area contributed by atoms with E-state index in [9.17, 15) is 0 Å². The van der Waals surface area contributed by atoms with Crippen molar-refractivity contribution in [2.75, 3.05) is 4.90 Å². The van der Waals surface area contributed by atoms with Crippen molar-refractivity contribution in [2.45, 2.75) is 18.4 Å². The van der Waals surface area contributed by atoms with Gasteiger partial charge in [-0.2, -0.15) is 0 Å². The molecule has 1 heteroatoms. The van der Waals surface area contributed by atoms with Crippen LogP contribution in [0.1, 0.15) is 17.9 Å². The average Bonchev–Trinajstić information content (AvgIpc) is 3.19. The Balaban J connectivity index is 1.73. The molecule has 2 aromatic carbocycles. The molecule has 0 amide bonds. The molecule has 3 aliphatic rings. The van der Waals surface area contributed by atoms with Crippen LogP contribution in [0.25, 0.3) is 0 Å². The van der Waals surface area contributed by atoms with E-state index in [1.807, 2.05) is 0 Å². The summed E-state index contributed by atoms with van der Waals surface area (Å²) in [6.45, 7) is 0. The van der Waals surface area contributed by atoms with Gasteiger partial charge in [0.1, 0.15) is 0 Å². The summed E-state index contributed by atoms with van der Waals surface area (Å²) >= 11 is 0. The molecular formula is C19H17N. The summed E-state index contributed by atoms with van der Waals surface area (Å²) in [7, 11) is 0. The van der Waals surface area contributed by atoms with Gasteiger partial charge in [0.25, 0.3) is 0 Å². The first-order valence-electron chi connectivity index (χ1n) is 7.55. The molecule has 1 heterocycles. The minimum Gasteiger partial charge on any atom is -0.337 e. The van der Waals surface area contributed by atoms with Gasteiger partial charge in [-0.25, -0.2) is 0 Å². The van der Waals surface area contributed by atoms with E-state index >= 15 is 0 Å². The Hall–Kier alpha value is -2.02. The van der Waals surface area contributed by atoms with Gasteiger partial charge in [-0.15, -0.1) is 0 Å². The topological polar surface area (TPSA) is 3.24 Å². The fraction of sp³-hybridized carbons (Fsp3) is 0.263. The van der Waals surface area contributed by atoms with Gasteiger partial charge in [0.2, 0.25) is 0 Å². The SMILES string of the molecule is C1=CC2CC1C1c3ccccc3N(c3ccccc3)C21. The summed E-state index contributed by atoms with van der Waals surface area (Å²) in [6, 6.07) is 20.5. The van der Waals surface area contributed by atoms with E-state index in [-0.39, 0.29) is 0 Å². The molecule has 2 bridgehead atoms. The first kappa shape index (κ1) is 10.7. The van der Waals surface area contributed by atoms with E-state index in [1.165, 1.54) is 17.8 Å². The average molecular weight is 259 g/mol. The predicted molar refractivity (Wildman–Crippen MR) is 82.3 cm³/mol. The lowest BCUT2D eigenvalue weighted by molar-refractivity contribution is 0.528. The summed E-state index contributed by atoms with van der Waals surface area (Å²) in [6.07, 6.45) is 6.25. The van der Waals surface area contributed by atoms with Crippen LogP contribution >= 0.6 is 0 Å². The van der Waals surface area contributed by atoms with Crippen LogP contribution in [0, 0.1) is 11.8 Å². The third kappa shape index (κ3) is 1.23. The summed E-state index contributed by atoms with van der Waals surface area (Å²) in [4.78, 5) is 2.59. The van der Waals surface area contributed by atoms with Crippen molar-refractivity contribution in [1.82, 2.24) is 0 Å². The van der Waals surface area contributed by atoms with Gasteiger partial charge in [0.05, 0.1) is 0 Å². The second kappa shape index (κ2) is 3.76. The summed E-state index contributed by atoms with van der Waals surface area (Å²) < 4.78 is 0. The molecule has 4 atom stereocenters. The molecule has 1 saturated carbocycles.